The number of pyridine rings is 1. The van der Waals surface area contributed by atoms with E-state index >= 15 is 0 Å². The first-order valence-corrected chi connectivity index (χ1v) is 11.1. The van der Waals surface area contributed by atoms with Gasteiger partial charge < -0.3 is 14.8 Å². The van der Waals surface area contributed by atoms with Gasteiger partial charge in [0.25, 0.3) is 5.91 Å². The summed E-state index contributed by atoms with van der Waals surface area (Å²) in [5, 5.41) is 2.75. The van der Waals surface area contributed by atoms with Crippen LogP contribution in [0.2, 0.25) is 0 Å². The van der Waals surface area contributed by atoms with Gasteiger partial charge in [0, 0.05) is 30.5 Å². The molecule has 0 aliphatic carbocycles. The van der Waals surface area contributed by atoms with Gasteiger partial charge in [0.05, 0.1) is 24.3 Å². The van der Waals surface area contributed by atoms with E-state index in [9.17, 15) is 13.2 Å². The number of carbonyl (C=O) groups is 1. The molecule has 0 saturated carbocycles. The van der Waals surface area contributed by atoms with E-state index < -0.39 is 10.0 Å². The van der Waals surface area contributed by atoms with Crippen molar-refractivity contribution in [2.45, 2.75) is 4.90 Å². The first kappa shape index (κ1) is 21.0. The van der Waals surface area contributed by atoms with E-state index in [1.807, 2.05) is 0 Å². The summed E-state index contributed by atoms with van der Waals surface area (Å²) in [6.45, 7) is 1.37. The molecule has 1 N–H and O–H groups in total. The van der Waals surface area contributed by atoms with Gasteiger partial charge in [0.1, 0.15) is 11.5 Å². The van der Waals surface area contributed by atoms with Gasteiger partial charge in [-0.15, -0.1) is 0 Å². The van der Waals surface area contributed by atoms with Gasteiger partial charge in [0.15, 0.2) is 0 Å². The average molecular weight is 439 g/mol. The van der Waals surface area contributed by atoms with Crippen molar-refractivity contribution in [3.05, 3.63) is 78.6 Å². The monoisotopic (exact) mass is 439 g/mol. The lowest BCUT2D eigenvalue weighted by Gasteiger charge is -2.26. The Labute approximate surface area is 180 Å². The third-order valence-electron chi connectivity index (χ3n) is 4.69. The number of hydrogen-bond donors (Lipinski definition) is 1. The summed E-state index contributed by atoms with van der Waals surface area (Å²) in [7, 11) is -3.64. The van der Waals surface area contributed by atoms with E-state index in [-0.39, 0.29) is 10.8 Å². The Morgan fingerprint density at radius 1 is 1.00 bits per heavy atom. The van der Waals surface area contributed by atoms with Gasteiger partial charge >= 0.3 is 0 Å². The minimum Gasteiger partial charge on any atom is -0.456 e. The van der Waals surface area contributed by atoms with E-state index in [0.29, 0.717) is 49.1 Å². The summed E-state index contributed by atoms with van der Waals surface area (Å²) in [6, 6.07) is 16.4. The number of carbonyl (C=O) groups excluding carboxylic acids is 1. The molecule has 9 heteroatoms. The van der Waals surface area contributed by atoms with Crippen molar-refractivity contribution in [2.24, 2.45) is 0 Å². The average Bonchev–Trinajstić information content (AvgIpc) is 2.81. The summed E-state index contributed by atoms with van der Waals surface area (Å²) >= 11 is 0. The molecule has 0 radical (unpaired) electrons. The molecule has 2 aromatic carbocycles. The molecule has 0 bridgehead atoms. The second-order valence-corrected chi connectivity index (χ2v) is 8.75. The largest absolute Gasteiger partial charge is 0.456 e. The molecule has 31 heavy (non-hydrogen) atoms. The number of rotatable bonds is 6. The van der Waals surface area contributed by atoms with Crippen LogP contribution in [0.3, 0.4) is 0 Å². The number of ether oxygens (including phenoxy) is 2. The lowest BCUT2D eigenvalue weighted by atomic mass is 10.2. The standard InChI is InChI=1S/C22H21N3O5S/c26-22(17-6-8-19(9-7-17)30-20-4-2-10-23-16-20)24-18-3-1-5-21(15-18)31(27,28)25-11-13-29-14-12-25/h1-10,15-16H,11-14H2,(H,24,26). The fraction of sp³-hybridized carbons (Fsp3) is 0.182. The number of nitrogens with one attached hydrogen (secondary N) is 1. The molecular weight excluding hydrogens is 418 g/mol. The molecule has 8 nitrogen and oxygen atoms in total. The van der Waals surface area contributed by atoms with Crippen LogP contribution >= 0.6 is 0 Å². The van der Waals surface area contributed by atoms with E-state index in [1.165, 1.54) is 16.4 Å². The van der Waals surface area contributed by atoms with Gasteiger partial charge in [-0.05, 0) is 54.6 Å². The van der Waals surface area contributed by atoms with Crippen LogP contribution in [0.15, 0.2) is 78.0 Å². The molecule has 1 aliphatic rings. The Morgan fingerprint density at radius 3 is 2.48 bits per heavy atom. The minimum atomic E-state index is -3.64. The van der Waals surface area contributed by atoms with Crippen LogP contribution in [0.25, 0.3) is 0 Å². The maximum absolute atomic E-state index is 12.8. The van der Waals surface area contributed by atoms with Crippen molar-refractivity contribution in [3.63, 3.8) is 0 Å². The van der Waals surface area contributed by atoms with Crippen LogP contribution in [0.5, 0.6) is 11.5 Å². The van der Waals surface area contributed by atoms with Gasteiger partial charge in [-0.25, -0.2) is 8.42 Å². The van der Waals surface area contributed by atoms with Gasteiger partial charge in [0.2, 0.25) is 10.0 Å². The molecule has 1 saturated heterocycles. The number of amides is 1. The van der Waals surface area contributed by atoms with Crippen molar-refractivity contribution in [1.82, 2.24) is 9.29 Å². The number of hydrogen-bond acceptors (Lipinski definition) is 6. The fourth-order valence-electron chi connectivity index (χ4n) is 3.09. The van der Waals surface area contributed by atoms with Crippen molar-refractivity contribution >= 4 is 21.6 Å². The Hall–Kier alpha value is -3.27. The second-order valence-electron chi connectivity index (χ2n) is 6.81. The molecule has 0 spiro atoms. The van der Waals surface area contributed by atoms with Crippen LogP contribution in [-0.2, 0) is 14.8 Å². The third-order valence-corrected chi connectivity index (χ3v) is 6.58. The molecule has 160 valence electrons. The van der Waals surface area contributed by atoms with Crippen LogP contribution in [0.1, 0.15) is 10.4 Å². The van der Waals surface area contributed by atoms with Gasteiger partial charge in [-0.3, -0.25) is 9.78 Å². The molecule has 1 amide bonds. The lowest BCUT2D eigenvalue weighted by Crippen LogP contribution is -2.40. The van der Waals surface area contributed by atoms with Crippen LogP contribution in [0.4, 0.5) is 5.69 Å². The molecule has 1 fully saturated rings. The zero-order valence-corrected chi connectivity index (χ0v) is 17.4. The Kier molecular flexibility index (Phi) is 6.26. The van der Waals surface area contributed by atoms with E-state index in [0.717, 1.165) is 0 Å². The van der Waals surface area contributed by atoms with Crippen molar-refractivity contribution < 1.29 is 22.7 Å². The zero-order valence-electron chi connectivity index (χ0n) is 16.6. The first-order chi connectivity index (χ1) is 15.0. The molecule has 4 rings (SSSR count). The van der Waals surface area contributed by atoms with Crippen LogP contribution in [0, 0.1) is 0 Å². The van der Waals surface area contributed by atoms with Crippen molar-refractivity contribution in [2.75, 3.05) is 31.6 Å². The van der Waals surface area contributed by atoms with E-state index in [2.05, 4.69) is 10.3 Å². The van der Waals surface area contributed by atoms with Crippen molar-refractivity contribution in [1.29, 1.82) is 0 Å². The normalized spacial score (nSPS) is 14.7. The maximum atomic E-state index is 12.8. The summed E-state index contributed by atoms with van der Waals surface area (Å²) in [5.74, 6) is 0.815. The fourth-order valence-corrected chi connectivity index (χ4v) is 4.55. The predicted octanol–water partition coefficient (Wildman–Crippen LogP) is 3.15. The number of aromatic nitrogens is 1. The number of morpholine rings is 1. The first-order valence-electron chi connectivity index (χ1n) is 9.70. The van der Waals surface area contributed by atoms with Crippen molar-refractivity contribution in [3.8, 4) is 11.5 Å². The highest BCUT2D eigenvalue weighted by atomic mass is 32.2. The molecule has 0 atom stereocenters. The topological polar surface area (TPSA) is 97.8 Å². The zero-order chi connectivity index (χ0) is 21.7. The molecule has 2 heterocycles. The van der Waals surface area contributed by atoms with Gasteiger partial charge in [-0.1, -0.05) is 6.07 Å². The highest BCUT2D eigenvalue weighted by Gasteiger charge is 2.26. The molecule has 1 aliphatic heterocycles. The van der Waals surface area contributed by atoms with E-state index in [4.69, 9.17) is 9.47 Å². The summed E-state index contributed by atoms with van der Waals surface area (Å²) < 4.78 is 37.9. The summed E-state index contributed by atoms with van der Waals surface area (Å²) in [4.78, 5) is 16.7. The number of sulfonamides is 1. The second kappa shape index (κ2) is 9.25. The molecule has 1 aromatic heterocycles. The Bertz CT molecular complexity index is 1150. The summed E-state index contributed by atoms with van der Waals surface area (Å²) in [5.41, 5.74) is 0.815. The predicted molar refractivity (Wildman–Crippen MR) is 115 cm³/mol. The van der Waals surface area contributed by atoms with E-state index in [1.54, 1.807) is 60.9 Å². The number of benzene rings is 2. The number of anilines is 1. The lowest BCUT2D eigenvalue weighted by molar-refractivity contribution is 0.0730. The quantitative estimate of drug-likeness (QED) is 0.634. The maximum Gasteiger partial charge on any atom is 0.255 e. The minimum absolute atomic E-state index is 0.132. The molecular formula is C22H21N3O5S. The highest BCUT2D eigenvalue weighted by molar-refractivity contribution is 7.89. The highest BCUT2D eigenvalue weighted by Crippen LogP contribution is 2.23. The Balaban J connectivity index is 1.44. The van der Waals surface area contributed by atoms with Gasteiger partial charge in [-0.2, -0.15) is 4.31 Å². The molecule has 3 aromatic rings. The Morgan fingerprint density at radius 2 is 1.77 bits per heavy atom. The smallest absolute Gasteiger partial charge is 0.255 e. The number of nitrogens with zero attached hydrogens (tertiary/aromatic N) is 2. The summed E-state index contributed by atoms with van der Waals surface area (Å²) in [6.07, 6.45) is 3.25. The third kappa shape index (κ3) is 5.08. The van der Waals surface area contributed by atoms with Crippen LogP contribution in [-0.4, -0.2) is 49.9 Å². The van der Waals surface area contributed by atoms with Crippen LogP contribution < -0.4 is 10.1 Å². The molecule has 0 unspecified atom stereocenters. The SMILES string of the molecule is O=C(Nc1cccc(S(=O)(=O)N2CCOCC2)c1)c1ccc(Oc2cccnc2)cc1.